The summed E-state index contributed by atoms with van der Waals surface area (Å²) in [7, 11) is 0. The molecule has 6 heteroatoms. The molecule has 0 aliphatic carbocycles. The van der Waals surface area contributed by atoms with Crippen LogP contribution in [0.2, 0.25) is 5.02 Å². The summed E-state index contributed by atoms with van der Waals surface area (Å²) in [6, 6.07) is 3.87. The molecule has 4 nitrogen and oxygen atoms in total. The average molecular weight is 328 g/mol. The van der Waals surface area contributed by atoms with Gasteiger partial charge in [0.25, 0.3) is 5.69 Å². The smallest absolute Gasteiger partial charge is 0.271 e. The Labute approximate surface area is 134 Å². The fourth-order valence-corrected chi connectivity index (χ4v) is 1.53. The first-order valence-corrected chi connectivity index (χ1v) is 7.07. The summed E-state index contributed by atoms with van der Waals surface area (Å²) >= 11 is 5.87. The summed E-state index contributed by atoms with van der Waals surface area (Å²) in [6.45, 7) is 9.18. The van der Waals surface area contributed by atoms with Gasteiger partial charge in [0, 0.05) is 12.1 Å². The van der Waals surface area contributed by atoms with Crippen molar-refractivity contribution in [1.29, 1.82) is 0 Å². The van der Waals surface area contributed by atoms with E-state index in [-0.39, 0.29) is 23.1 Å². The van der Waals surface area contributed by atoms with Gasteiger partial charge in [0.15, 0.2) is 0 Å². The number of benzene rings is 1. The largest absolute Gasteiger partial charge is 0.487 e. The third-order valence-corrected chi connectivity index (χ3v) is 2.68. The van der Waals surface area contributed by atoms with Crippen molar-refractivity contribution in [1.82, 2.24) is 0 Å². The van der Waals surface area contributed by atoms with E-state index in [1.165, 1.54) is 36.4 Å². The molecule has 22 heavy (non-hydrogen) atoms. The number of nitro benzene ring substituents is 1. The number of nitro groups is 1. The summed E-state index contributed by atoms with van der Waals surface area (Å²) < 4.78 is 18.5. The van der Waals surface area contributed by atoms with Gasteiger partial charge < -0.3 is 4.74 Å². The van der Waals surface area contributed by atoms with Gasteiger partial charge in [-0.2, -0.15) is 0 Å². The molecular weight excluding hydrogens is 309 g/mol. The van der Waals surface area contributed by atoms with Crippen molar-refractivity contribution in [3.8, 4) is 5.75 Å². The average Bonchev–Trinajstić information content (AvgIpc) is 2.53. The molecule has 0 aliphatic rings. The van der Waals surface area contributed by atoms with Crippen LogP contribution in [0.3, 0.4) is 0 Å². The van der Waals surface area contributed by atoms with Crippen molar-refractivity contribution in [2.45, 2.75) is 20.8 Å². The lowest BCUT2D eigenvalue weighted by Gasteiger charge is -2.08. The number of hydrogen-bond donors (Lipinski definition) is 0. The van der Waals surface area contributed by atoms with E-state index in [0.29, 0.717) is 5.57 Å². The number of halogens is 2. The lowest BCUT2D eigenvalue weighted by molar-refractivity contribution is -0.384. The van der Waals surface area contributed by atoms with E-state index < -0.39 is 10.8 Å². The van der Waals surface area contributed by atoms with Crippen molar-refractivity contribution in [2.75, 3.05) is 6.61 Å². The highest BCUT2D eigenvalue weighted by atomic mass is 35.5. The van der Waals surface area contributed by atoms with Crippen LogP contribution in [-0.4, -0.2) is 11.5 Å². The first kappa shape index (κ1) is 19.9. The number of nitrogens with zero attached hydrogens (tertiary/aromatic N) is 1. The van der Waals surface area contributed by atoms with Crippen molar-refractivity contribution < 1.29 is 14.1 Å². The number of non-ortho nitro benzene ring substituents is 1. The molecule has 1 aromatic carbocycles. The van der Waals surface area contributed by atoms with Crippen LogP contribution in [-0.2, 0) is 0 Å². The first-order valence-electron chi connectivity index (χ1n) is 6.69. The van der Waals surface area contributed by atoms with Crippen molar-refractivity contribution >= 4 is 17.3 Å². The van der Waals surface area contributed by atoms with E-state index >= 15 is 0 Å². The number of allylic oxidation sites excluding steroid dienone is 3. The van der Waals surface area contributed by atoms with E-state index in [1.807, 2.05) is 13.8 Å². The van der Waals surface area contributed by atoms with Crippen LogP contribution in [0.5, 0.6) is 5.75 Å². The monoisotopic (exact) mass is 327 g/mol. The van der Waals surface area contributed by atoms with Gasteiger partial charge in [0.2, 0.25) is 0 Å². The first-order chi connectivity index (χ1) is 10.5. The topological polar surface area (TPSA) is 52.4 Å². The molecule has 0 aromatic heterocycles. The van der Waals surface area contributed by atoms with Gasteiger partial charge in [0.05, 0.1) is 9.95 Å². The van der Waals surface area contributed by atoms with E-state index in [2.05, 4.69) is 6.58 Å². The minimum atomic E-state index is -0.549. The Morgan fingerprint density at radius 1 is 1.50 bits per heavy atom. The Kier molecular flexibility index (Phi) is 9.54. The van der Waals surface area contributed by atoms with Gasteiger partial charge in [-0.15, -0.1) is 0 Å². The molecule has 0 unspecified atom stereocenters. The van der Waals surface area contributed by atoms with Crippen LogP contribution in [0, 0.1) is 10.1 Å². The van der Waals surface area contributed by atoms with Crippen LogP contribution < -0.4 is 4.74 Å². The molecule has 1 rings (SSSR count). The highest BCUT2D eigenvalue weighted by molar-refractivity contribution is 6.32. The normalized spacial score (nSPS) is 11.3. The zero-order chi connectivity index (χ0) is 17.1. The van der Waals surface area contributed by atoms with Gasteiger partial charge >= 0.3 is 0 Å². The Hall–Kier alpha value is -2.14. The predicted molar refractivity (Wildman–Crippen MR) is 88.1 cm³/mol. The Morgan fingerprint density at radius 2 is 2.14 bits per heavy atom. The maximum absolute atomic E-state index is 13.1. The van der Waals surface area contributed by atoms with Crippen molar-refractivity contribution in [2.24, 2.45) is 0 Å². The third-order valence-electron chi connectivity index (χ3n) is 2.38. The molecule has 0 amide bonds. The molecule has 0 radical (unpaired) electrons. The third kappa shape index (κ3) is 6.54. The molecule has 0 atom stereocenters. The zero-order valence-corrected chi connectivity index (χ0v) is 13.6. The minimum Gasteiger partial charge on any atom is -0.487 e. The highest BCUT2D eigenvalue weighted by Gasteiger charge is 2.10. The summed E-state index contributed by atoms with van der Waals surface area (Å²) in [5.74, 6) is -0.121. The number of ether oxygens (including phenoxy) is 1. The lowest BCUT2D eigenvalue weighted by Crippen LogP contribution is -2.00. The number of rotatable bonds is 6. The summed E-state index contributed by atoms with van der Waals surface area (Å²) in [4.78, 5) is 10.0. The van der Waals surface area contributed by atoms with Gasteiger partial charge in [0.1, 0.15) is 18.2 Å². The van der Waals surface area contributed by atoms with E-state index in [0.717, 1.165) is 0 Å². The summed E-state index contributed by atoms with van der Waals surface area (Å²) in [6.07, 6.45) is 4.05. The molecule has 1 aromatic rings. The van der Waals surface area contributed by atoms with Gasteiger partial charge in [-0.1, -0.05) is 44.2 Å². The minimum absolute atomic E-state index is 0.0578. The molecule has 0 fully saturated rings. The van der Waals surface area contributed by atoms with Crippen LogP contribution in [0.15, 0.2) is 54.4 Å². The second-order valence-electron chi connectivity index (χ2n) is 3.76. The molecule has 120 valence electrons. The second kappa shape index (κ2) is 10.6. The Bertz CT molecular complexity index is 583. The van der Waals surface area contributed by atoms with Crippen molar-refractivity contribution in [3.05, 3.63) is 69.5 Å². The van der Waals surface area contributed by atoms with Gasteiger partial charge in [-0.25, -0.2) is 4.39 Å². The fraction of sp³-hybridized carbons (Fsp3) is 0.250. The molecule has 0 N–H and O–H groups in total. The molecule has 0 saturated heterocycles. The predicted octanol–water partition coefficient (Wildman–Crippen LogP) is 5.64. The van der Waals surface area contributed by atoms with Gasteiger partial charge in [-0.3, -0.25) is 10.1 Å². The zero-order valence-electron chi connectivity index (χ0n) is 12.8. The standard InChI is InChI=1S/C14H13ClFNO3.C2H6/c1-3-10(7-11(16)4-2)9-20-14-6-5-12(17(18)19)8-13(14)15;1-2/h3-8H,1,9H2,2H3;1-2H3/b10-7+,11-4+;. The SMILES string of the molecule is C=C/C(=C\C(F)=C/C)COc1ccc([N+](=O)[O-])cc1Cl.CC. The molecule has 0 spiro atoms. The van der Waals surface area contributed by atoms with E-state index in [1.54, 1.807) is 6.92 Å². The maximum atomic E-state index is 13.1. The summed E-state index contributed by atoms with van der Waals surface area (Å²) in [5, 5.41) is 10.7. The Balaban J connectivity index is 0.00000211. The fourth-order valence-electron chi connectivity index (χ4n) is 1.30. The number of hydrogen-bond acceptors (Lipinski definition) is 3. The molecule has 0 heterocycles. The van der Waals surface area contributed by atoms with Crippen LogP contribution >= 0.6 is 11.6 Å². The van der Waals surface area contributed by atoms with Crippen LogP contribution in [0.25, 0.3) is 0 Å². The molecule has 0 bridgehead atoms. The van der Waals surface area contributed by atoms with Crippen LogP contribution in [0.4, 0.5) is 10.1 Å². The highest BCUT2D eigenvalue weighted by Crippen LogP contribution is 2.29. The Morgan fingerprint density at radius 3 is 2.59 bits per heavy atom. The maximum Gasteiger partial charge on any atom is 0.271 e. The van der Waals surface area contributed by atoms with E-state index in [4.69, 9.17) is 16.3 Å². The summed E-state index contributed by atoms with van der Waals surface area (Å²) in [5.41, 5.74) is 0.400. The van der Waals surface area contributed by atoms with Crippen LogP contribution in [0.1, 0.15) is 20.8 Å². The van der Waals surface area contributed by atoms with Crippen molar-refractivity contribution in [3.63, 3.8) is 0 Å². The molecule has 0 aliphatic heterocycles. The quantitative estimate of drug-likeness (QED) is 0.386. The second-order valence-corrected chi connectivity index (χ2v) is 4.16. The molecule has 0 saturated carbocycles. The molecular formula is C16H19ClFNO3. The van der Waals surface area contributed by atoms with Gasteiger partial charge in [-0.05, 0) is 24.6 Å². The van der Waals surface area contributed by atoms with E-state index in [9.17, 15) is 14.5 Å². The lowest BCUT2D eigenvalue weighted by atomic mass is 10.2.